The van der Waals surface area contributed by atoms with Crippen molar-refractivity contribution < 1.29 is 23.9 Å². The third-order valence-corrected chi connectivity index (χ3v) is 4.56. The summed E-state index contributed by atoms with van der Waals surface area (Å²) in [4.78, 5) is 37.2. The van der Waals surface area contributed by atoms with Crippen LogP contribution >= 0.6 is 12.4 Å². The highest BCUT2D eigenvalue weighted by molar-refractivity contribution is 6.21. The van der Waals surface area contributed by atoms with Gasteiger partial charge in [0.25, 0.3) is 11.8 Å². The van der Waals surface area contributed by atoms with Crippen LogP contribution in [0.1, 0.15) is 32.7 Å². The van der Waals surface area contributed by atoms with Gasteiger partial charge in [-0.2, -0.15) is 0 Å². The lowest BCUT2D eigenvalue weighted by Gasteiger charge is -2.14. The van der Waals surface area contributed by atoms with E-state index in [-0.39, 0.29) is 24.2 Å². The van der Waals surface area contributed by atoms with Crippen molar-refractivity contribution in [1.29, 1.82) is 0 Å². The van der Waals surface area contributed by atoms with Gasteiger partial charge in [0.2, 0.25) is 0 Å². The van der Waals surface area contributed by atoms with Crippen molar-refractivity contribution in [3.8, 4) is 5.75 Å². The minimum Gasteiger partial charge on any atom is -0.494 e. The molecule has 0 saturated carbocycles. The molecule has 0 unspecified atom stereocenters. The Hall–Kier alpha value is -2.90. The van der Waals surface area contributed by atoms with Gasteiger partial charge in [0.15, 0.2) is 0 Å². The minimum atomic E-state index is -0.698. The maximum Gasteiger partial charge on any atom is 0.322 e. The average molecular weight is 419 g/mol. The van der Waals surface area contributed by atoms with E-state index < -0.39 is 12.0 Å². The molecule has 2 aromatic rings. The van der Waals surface area contributed by atoms with Crippen LogP contribution in [-0.2, 0) is 16.0 Å². The lowest BCUT2D eigenvalue weighted by atomic mass is 10.1. The van der Waals surface area contributed by atoms with Crippen LogP contribution < -0.4 is 10.5 Å². The zero-order valence-corrected chi connectivity index (χ0v) is 16.8. The van der Waals surface area contributed by atoms with Gasteiger partial charge in [-0.3, -0.25) is 19.3 Å². The summed E-state index contributed by atoms with van der Waals surface area (Å²) < 4.78 is 10.3. The Labute approximate surface area is 175 Å². The van der Waals surface area contributed by atoms with Gasteiger partial charge in [-0.15, -0.1) is 12.4 Å². The first-order valence-electron chi connectivity index (χ1n) is 9.01. The molecule has 1 aliphatic rings. The molecular formula is C21H23ClN2O5. The van der Waals surface area contributed by atoms with Gasteiger partial charge in [-0.1, -0.05) is 24.3 Å². The number of rotatable bonds is 8. The number of methoxy groups -OCH3 is 1. The van der Waals surface area contributed by atoms with Crippen LogP contribution in [0.2, 0.25) is 0 Å². The van der Waals surface area contributed by atoms with Crippen molar-refractivity contribution in [3.05, 3.63) is 65.2 Å². The molecular weight excluding hydrogens is 396 g/mol. The van der Waals surface area contributed by atoms with Crippen molar-refractivity contribution in [1.82, 2.24) is 4.90 Å². The van der Waals surface area contributed by atoms with Crippen LogP contribution in [0.15, 0.2) is 48.5 Å². The molecule has 0 saturated heterocycles. The van der Waals surface area contributed by atoms with Crippen LogP contribution in [0.4, 0.5) is 0 Å². The highest BCUT2D eigenvalue weighted by atomic mass is 35.5. The zero-order chi connectivity index (χ0) is 20.1. The second-order valence-corrected chi connectivity index (χ2v) is 6.49. The molecule has 0 aromatic heterocycles. The van der Waals surface area contributed by atoms with Crippen molar-refractivity contribution >= 4 is 30.2 Å². The van der Waals surface area contributed by atoms with Crippen LogP contribution in [0, 0.1) is 0 Å². The van der Waals surface area contributed by atoms with Crippen LogP contribution in [0.3, 0.4) is 0 Å². The van der Waals surface area contributed by atoms with E-state index in [0.29, 0.717) is 42.9 Å². The summed E-state index contributed by atoms with van der Waals surface area (Å²) in [6, 6.07) is 13.4. The van der Waals surface area contributed by atoms with Gasteiger partial charge in [-0.05, 0) is 42.7 Å². The van der Waals surface area contributed by atoms with Crippen molar-refractivity contribution in [2.75, 3.05) is 20.3 Å². The first-order chi connectivity index (χ1) is 13.5. The van der Waals surface area contributed by atoms with E-state index in [9.17, 15) is 14.4 Å². The lowest BCUT2D eigenvalue weighted by Crippen LogP contribution is -2.33. The number of halogens is 1. The van der Waals surface area contributed by atoms with Crippen LogP contribution in [-0.4, -0.2) is 49.0 Å². The van der Waals surface area contributed by atoms with Crippen molar-refractivity contribution in [2.45, 2.75) is 18.9 Å². The summed E-state index contributed by atoms with van der Waals surface area (Å²) in [6.07, 6.45) is 0.910. The molecule has 7 nitrogen and oxygen atoms in total. The van der Waals surface area contributed by atoms with Gasteiger partial charge >= 0.3 is 5.97 Å². The normalized spacial score (nSPS) is 13.5. The predicted octanol–water partition coefficient (Wildman–Crippen LogP) is 2.22. The molecule has 0 spiro atoms. The number of hydrogen-bond donors (Lipinski definition) is 1. The molecule has 1 aliphatic heterocycles. The molecule has 1 atom stereocenters. The summed E-state index contributed by atoms with van der Waals surface area (Å²) >= 11 is 0. The van der Waals surface area contributed by atoms with Gasteiger partial charge in [0.1, 0.15) is 11.8 Å². The highest BCUT2D eigenvalue weighted by Crippen LogP contribution is 2.22. The number of fused-ring (bicyclic) bond motifs is 1. The average Bonchev–Trinajstić information content (AvgIpc) is 2.96. The predicted molar refractivity (Wildman–Crippen MR) is 109 cm³/mol. The van der Waals surface area contributed by atoms with Crippen molar-refractivity contribution in [3.63, 3.8) is 0 Å². The smallest absolute Gasteiger partial charge is 0.322 e. The zero-order valence-electron chi connectivity index (χ0n) is 16.0. The number of carbonyl (C=O) groups excluding carboxylic acids is 3. The Kier molecular flexibility index (Phi) is 7.75. The van der Waals surface area contributed by atoms with E-state index >= 15 is 0 Å². The summed E-state index contributed by atoms with van der Waals surface area (Å²) in [5.41, 5.74) is 7.55. The number of ether oxygens (including phenoxy) is 2. The molecule has 3 rings (SSSR count). The van der Waals surface area contributed by atoms with Crippen LogP contribution in [0.25, 0.3) is 0 Å². The molecule has 8 heteroatoms. The fraction of sp³-hybridized carbons (Fsp3) is 0.286. The lowest BCUT2D eigenvalue weighted by molar-refractivity contribution is -0.142. The monoisotopic (exact) mass is 418 g/mol. The molecule has 29 heavy (non-hydrogen) atoms. The molecule has 0 bridgehead atoms. The summed E-state index contributed by atoms with van der Waals surface area (Å²) in [7, 11) is 1.31. The first-order valence-corrected chi connectivity index (χ1v) is 9.01. The number of amides is 2. The Morgan fingerprint density at radius 2 is 1.62 bits per heavy atom. The summed E-state index contributed by atoms with van der Waals surface area (Å²) in [5.74, 6) is -0.301. The summed E-state index contributed by atoms with van der Waals surface area (Å²) in [6.45, 7) is 0.673. The number of hydrogen-bond acceptors (Lipinski definition) is 6. The number of esters is 1. The number of nitrogens with zero attached hydrogens (tertiary/aromatic N) is 1. The number of imide groups is 1. The van der Waals surface area contributed by atoms with Crippen molar-refractivity contribution in [2.24, 2.45) is 5.73 Å². The SMILES string of the molecule is COC(=O)[C@H](N)Cc1ccc(OCCCN2C(=O)c3ccccc3C2=O)cc1.Cl. The van der Waals surface area contributed by atoms with Gasteiger partial charge in [0, 0.05) is 6.54 Å². The Balaban J connectivity index is 0.00000300. The fourth-order valence-electron chi connectivity index (χ4n) is 3.07. The molecule has 0 fully saturated rings. The van der Waals surface area contributed by atoms with Gasteiger partial charge in [0.05, 0.1) is 24.8 Å². The van der Waals surface area contributed by atoms with E-state index in [1.54, 1.807) is 36.4 Å². The second kappa shape index (κ2) is 10.0. The molecule has 2 N–H and O–H groups in total. The fourth-order valence-corrected chi connectivity index (χ4v) is 3.07. The number of nitrogens with two attached hydrogens (primary N) is 1. The number of carbonyl (C=O) groups is 3. The van der Waals surface area contributed by atoms with Crippen LogP contribution in [0.5, 0.6) is 5.75 Å². The topological polar surface area (TPSA) is 98.9 Å². The molecule has 0 radical (unpaired) electrons. The van der Waals surface area contributed by atoms with Gasteiger partial charge < -0.3 is 15.2 Å². The van der Waals surface area contributed by atoms with E-state index in [1.165, 1.54) is 12.0 Å². The Morgan fingerprint density at radius 1 is 1.03 bits per heavy atom. The first kappa shape index (κ1) is 22.4. The standard InChI is InChI=1S/C21H22N2O5.ClH/c1-27-21(26)18(22)13-14-7-9-15(10-8-14)28-12-4-11-23-19(24)16-5-2-3-6-17(16)20(23)25;/h2-3,5-10,18H,4,11-13,22H2,1H3;1H/t18-;/m1./s1. The Morgan fingerprint density at radius 3 is 2.17 bits per heavy atom. The van der Waals surface area contributed by atoms with E-state index in [2.05, 4.69) is 4.74 Å². The summed E-state index contributed by atoms with van der Waals surface area (Å²) in [5, 5.41) is 0. The highest BCUT2D eigenvalue weighted by Gasteiger charge is 2.34. The molecule has 0 aliphatic carbocycles. The molecule has 154 valence electrons. The Bertz CT molecular complexity index is 850. The molecule has 1 heterocycles. The number of benzene rings is 2. The maximum absolute atomic E-state index is 12.3. The van der Waals surface area contributed by atoms with Gasteiger partial charge in [-0.25, -0.2) is 0 Å². The minimum absolute atomic E-state index is 0. The largest absolute Gasteiger partial charge is 0.494 e. The third kappa shape index (κ3) is 5.13. The van der Waals surface area contributed by atoms with E-state index in [1.807, 2.05) is 12.1 Å². The van der Waals surface area contributed by atoms with E-state index in [0.717, 1.165) is 5.56 Å². The third-order valence-electron chi connectivity index (χ3n) is 4.56. The molecule has 2 aromatic carbocycles. The molecule has 2 amide bonds. The van der Waals surface area contributed by atoms with E-state index in [4.69, 9.17) is 10.5 Å². The second-order valence-electron chi connectivity index (χ2n) is 6.49. The maximum atomic E-state index is 12.3. The quantitative estimate of drug-likeness (QED) is 0.401.